The molecule has 0 saturated carbocycles. The summed E-state index contributed by atoms with van der Waals surface area (Å²) in [7, 11) is 0. The Morgan fingerprint density at radius 3 is 3.00 bits per heavy atom. The average molecular weight is 287 g/mol. The lowest BCUT2D eigenvalue weighted by Crippen LogP contribution is -2.23. The molecule has 0 saturated heterocycles. The lowest BCUT2D eigenvalue weighted by atomic mass is 10.2. The van der Waals surface area contributed by atoms with E-state index < -0.39 is 0 Å². The van der Waals surface area contributed by atoms with Gasteiger partial charge in [-0.25, -0.2) is 4.98 Å². The van der Waals surface area contributed by atoms with Gasteiger partial charge in [-0.15, -0.1) is 0 Å². The molecular weight excluding hydrogens is 276 g/mol. The summed E-state index contributed by atoms with van der Waals surface area (Å²) in [5.41, 5.74) is 2.83. The van der Waals surface area contributed by atoms with Crippen LogP contribution in [0, 0.1) is 0 Å². The SMILES string of the molecule is O=C(NCc1ccccn1)c1ccc2nc(Cl)[nH]c2c1. The highest BCUT2D eigenvalue weighted by atomic mass is 35.5. The van der Waals surface area contributed by atoms with Crippen LogP contribution in [0.25, 0.3) is 11.0 Å². The van der Waals surface area contributed by atoms with Gasteiger partial charge in [-0.05, 0) is 41.9 Å². The summed E-state index contributed by atoms with van der Waals surface area (Å²) in [5.74, 6) is -0.164. The molecule has 0 aliphatic heterocycles. The van der Waals surface area contributed by atoms with Gasteiger partial charge in [0.2, 0.25) is 5.28 Å². The number of amides is 1. The van der Waals surface area contributed by atoms with Crippen molar-refractivity contribution in [1.29, 1.82) is 0 Å². The van der Waals surface area contributed by atoms with E-state index in [0.717, 1.165) is 16.7 Å². The molecule has 20 heavy (non-hydrogen) atoms. The average Bonchev–Trinajstić information content (AvgIpc) is 2.85. The van der Waals surface area contributed by atoms with E-state index in [0.29, 0.717) is 17.4 Å². The molecule has 0 aliphatic rings. The molecule has 2 aromatic heterocycles. The summed E-state index contributed by atoms with van der Waals surface area (Å²) in [6, 6.07) is 10.8. The maximum atomic E-state index is 12.1. The monoisotopic (exact) mass is 286 g/mol. The molecule has 3 rings (SSSR count). The number of aromatic amines is 1. The minimum atomic E-state index is -0.164. The molecule has 1 aromatic carbocycles. The molecular formula is C14H11ClN4O. The summed E-state index contributed by atoms with van der Waals surface area (Å²) in [5, 5.41) is 3.13. The Bertz CT molecular complexity index is 754. The van der Waals surface area contributed by atoms with Crippen molar-refractivity contribution in [3.8, 4) is 0 Å². The summed E-state index contributed by atoms with van der Waals surface area (Å²) in [6.45, 7) is 0.390. The number of nitrogens with one attached hydrogen (secondary N) is 2. The molecule has 0 aliphatic carbocycles. The second-order valence-electron chi connectivity index (χ2n) is 4.26. The van der Waals surface area contributed by atoms with Crippen LogP contribution < -0.4 is 5.32 Å². The summed E-state index contributed by atoms with van der Waals surface area (Å²) >= 11 is 5.78. The molecule has 2 heterocycles. The fourth-order valence-corrected chi connectivity index (χ4v) is 2.09. The van der Waals surface area contributed by atoms with Crippen molar-refractivity contribution >= 4 is 28.5 Å². The Labute approximate surface area is 120 Å². The quantitative estimate of drug-likeness (QED) is 0.777. The number of aromatic nitrogens is 3. The topological polar surface area (TPSA) is 70.7 Å². The van der Waals surface area contributed by atoms with Crippen LogP contribution in [-0.4, -0.2) is 20.9 Å². The zero-order chi connectivity index (χ0) is 13.9. The summed E-state index contributed by atoms with van der Waals surface area (Å²) in [4.78, 5) is 23.2. The van der Waals surface area contributed by atoms with Crippen molar-refractivity contribution < 1.29 is 4.79 Å². The first-order valence-corrected chi connectivity index (χ1v) is 6.43. The molecule has 0 spiro atoms. The number of rotatable bonds is 3. The highest BCUT2D eigenvalue weighted by molar-refractivity contribution is 6.29. The molecule has 3 aromatic rings. The molecule has 0 radical (unpaired) electrons. The highest BCUT2D eigenvalue weighted by Gasteiger charge is 2.08. The van der Waals surface area contributed by atoms with Gasteiger partial charge in [0.1, 0.15) is 0 Å². The predicted molar refractivity (Wildman–Crippen MR) is 76.5 cm³/mol. The first kappa shape index (κ1) is 12.6. The Morgan fingerprint density at radius 2 is 2.20 bits per heavy atom. The number of halogens is 1. The van der Waals surface area contributed by atoms with Crippen molar-refractivity contribution in [2.24, 2.45) is 0 Å². The number of nitrogens with zero attached hydrogens (tertiary/aromatic N) is 2. The fraction of sp³-hybridized carbons (Fsp3) is 0.0714. The predicted octanol–water partition coefficient (Wildman–Crippen LogP) is 2.54. The van der Waals surface area contributed by atoms with Crippen LogP contribution in [0.5, 0.6) is 0 Å². The van der Waals surface area contributed by atoms with Gasteiger partial charge < -0.3 is 10.3 Å². The van der Waals surface area contributed by atoms with E-state index in [1.54, 1.807) is 24.4 Å². The number of hydrogen-bond donors (Lipinski definition) is 2. The molecule has 6 heteroatoms. The van der Waals surface area contributed by atoms with Gasteiger partial charge in [0.25, 0.3) is 5.91 Å². The number of fused-ring (bicyclic) bond motifs is 1. The number of carbonyl (C=O) groups excluding carboxylic acids is 1. The zero-order valence-corrected chi connectivity index (χ0v) is 11.2. The molecule has 5 nitrogen and oxygen atoms in total. The molecule has 0 bridgehead atoms. The third kappa shape index (κ3) is 2.62. The fourth-order valence-electron chi connectivity index (χ4n) is 1.90. The van der Waals surface area contributed by atoms with Crippen LogP contribution in [0.3, 0.4) is 0 Å². The largest absolute Gasteiger partial charge is 0.346 e. The lowest BCUT2D eigenvalue weighted by molar-refractivity contribution is 0.0950. The van der Waals surface area contributed by atoms with Crippen molar-refractivity contribution in [3.63, 3.8) is 0 Å². The number of benzene rings is 1. The zero-order valence-electron chi connectivity index (χ0n) is 10.4. The van der Waals surface area contributed by atoms with Gasteiger partial charge in [0, 0.05) is 11.8 Å². The number of imidazole rings is 1. The van der Waals surface area contributed by atoms with E-state index in [9.17, 15) is 4.79 Å². The Kier molecular flexibility index (Phi) is 3.35. The van der Waals surface area contributed by atoms with E-state index in [2.05, 4.69) is 20.3 Å². The maximum Gasteiger partial charge on any atom is 0.251 e. The Hall–Kier alpha value is -2.40. The first-order chi connectivity index (χ1) is 9.72. The van der Waals surface area contributed by atoms with Crippen LogP contribution >= 0.6 is 11.6 Å². The third-order valence-electron chi connectivity index (χ3n) is 2.87. The second kappa shape index (κ2) is 5.30. The standard InChI is InChI=1S/C14H11ClN4O/c15-14-18-11-5-4-9(7-12(11)19-14)13(20)17-8-10-3-1-2-6-16-10/h1-7H,8H2,(H,17,20)(H,18,19). The summed E-state index contributed by atoms with van der Waals surface area (Å²) in [6.07, 6.45) is 1.69. The van der Waals surface area contributed by atoms with Gasteiger partial charge in [0.15, 0.2) is 0 Å². The maximum absolute atomic E-state index is 12.1. The molecule has 0 unspecified atom stereocenters. The second-order valence-corrected chi connectivity index (χ2v) is 4.62. The van der Waals surface area contributed by atoms with Crippen LogP contribution in [0.4, 0.5) is 0 Å². The highest BCUT2D eigenvalue weighted by Crippen LogP contribution is 2.16. The van der Waals surface area contributed by atoms with Gasteiger partial charge in [-0.1, -0.05) is 6.07 Å². The Balaban J connectivity index is 1.75. The van der Waals surface area contributed by atoms with Gasteiger partial charge in [-0.2, -0.15) is 0 Å². The molecule has 0 atom stereocenters. The lowest BCUT2D eigenvalue weighted by Gasteiger charge is -2.04. The molecule has 0 fully saturated rings. The number of carbonyl (C=O) groups is 1. The van der Waals surface area contributed by atoms with Crippen LogP contribution in [0.1, 0.15) is 16.1 Å². The van der Waals surface area contributed by atoms with Gasteiger partial charge >= 0.3 is 0 Å². The van der Waals surface area contributed by atoms with Crippen molar-refractivity contribution in [1.82, 2.24) is 20.3 Å². The molecule has 1 amide bonds. The minimum Gasteiger partial charge on any atom is -0.346 e. The van der Waals surface area contributed by atoms with Gasteiger partial charge in [0.05, 0.1) is 23.3 Å². The normalized spacial score (nSPS) is 10.7. The van der Waals surface area contributed by atoms with Crippen molar-refractivity contribution in [2.45, 2.75) is 6.54 Å². The van der Waals surface area contributed by atoms with E-state index in [4.69, 9.17) is 11.6 Å². The van der Waals surface area contributed by atoms with Crippen molar-refractivity contribution in [2.75, 3.05) is 0 Å². The number of hydrogen-bond acceptors (Lipinski definition) is 3. The van der Waals surface area contributed by atoms with Crippen LogP contribution in [0.15, 0.2) is 42.6 Å². The van der Waals surface area contributed by atoms with Crippen LogP contribution in [-0.2, 0) is 6.54 Å². The van der Waals surface area contributed by atoms with Crippen LogP contribution in [0.2, 0.25) is 5.28 Å². The molecule has 2 N–H and O–H groups in total. The van der Waals surface area contributed by atoms with E-state index in [1.807, 2.05) is 18.2 Å². The number of H-pyrrole nitrogens is 1. The third-order valence-corrected chi connectivity index (χ3v) is 3.05. The van der Waals surface area contributed by atoms with E-state index >= 15 is 0 Å². The minimum absolute atomic E-state index is 0.164. The first-order valence-electron chi connectivity index (χ1n) is 6.06. The van der Waals surface area contributed by atoms with E-state index in [1.165, 1.54) is 0 Å². The number of pyridine rings is 1. The summed E-state index contributed by atoms with van der Waals surface area (Å²) < 4.78 is 0. The Morgan fingerprint density at radius 1 is 1.30 bits per heavy atom. The molecule has 100 valence electrons. The smallest absolute Gasteiger partial charge is 0.251 e. The van der Waals surface area contributed by atoms with E-state index in [-0.39, 0.29) is 5.91 Å². The van der Waals surface area contributed by atoms with Crippen molar-refractivity contribution in [3.05, 3.63) is 59.1 Å². The van der Waals surface area contributed by atoms with Gasteiger partial charge in [-0.3, -0.25) is 9.78 Å².